The van der Waals surface area contributed by atoms with Gasteiger partial charge in [0, 0.05) is 23.0 Å². The Balaban J connectivity index is 2.10. The van der Waals surface area contributed by atoms with Crippen LogP contribution in [-0.2, 0) is 0 Å². The summed E-state index contributed by atoms with van der Waals surface area (Å²) < 4.78 is 11.7. The normalized spacial score (nSPS) is 13.3. The predicted octanol–water partition coefficient (Wildman–Crippen LogP) is 3.53. The number of nitrogens with one attached hydrogen (secondary N) is 2. The first kappa shape index (κ1) is 15.0. The Morgan fingerprint density at radius 3 is 2.65 bits per heavy atom. The van der Waals surface area contributed by atoms with Crippen LogP contribution in [0.4, 0.5) is 10.5 Å². The number of anilines is 1. The highest BCUT2D eigenvalue weighted by atomic mass is 79.9. The molecule has 5 nitrogen and oxygen atoms in total. The molecule has 2 rings (SSSR count). The van der Waals surface area contributed by atoms with Gasteiger partial charge in [0.25, 0.3) is 0 Å². The molecule has 1 heterocycles. The molecule has 1 aromatic rings. The Morgan fingerprint density at radius 2 is 2.00 bits per heavy atom. The Hall–Kier alpha value is -1.40. The van der Waals surface area contributed by atoms with Crippen LogP contribution in [0.1, 0.15) is 6.42 Å². The maximum Gasteiger partial charge on any atom is 0.319 e. The third-order valence-corrected chi connectivity index (χ3v) is 3.12. The molecule has 20 heavy (non-hydrogen) atoms. The van der Waals surface area contributed by atoms with E-state index in [1.807, 2.05) is 0 Å². The molecule has 0 saturated heterocycles. The highest BCUT2D eigenvalue weighted by molar-refractivity contribution is 9.11. The summed E-state index contributed by atoms with van der Waals surface area (Å²) in [7, 11) is 0. The molecular formula is C13H14BrClN2O3. The van der Waals surface area contributed by atoms with Crippen molar-refractivity contribution in [1.82, 2.24) is 5.32 Å². The summed E-state index contributed by atoms with van der Waals surface area (Å²) in [5.41, 5.74) is 0.466. The van der Waals surface area contributed by atoms with Gasteiger partial charge in [-0.2, -0.15) is 0 Å². The second kappa shape index (κ2) is 6.85. The van der Waals surface area contributed by atoms with Gasteiger partial charge in [-0.3, -0.25) is 0 Å². The third-order valence-electron chi connectivity index (χ3n) is 2.53. The lowest BCUT2D eigenvalue weighted by Gasteiger charge is -2.13. The van der Waals surface area contributed by atoms with Crippen LogP contribution in [0.25, 0.3) is 0 Å². The van der Waals surface area contributed by atoms with Gasteiger partial charge in [0.15, 0.2) is 11.5 Å². The van der Waals surface area contributed by atoms with E-state index in [0.29, 0.717) is 46.4 Å². The molecule has 0 aliphatic carbocycles. The molecule has 0 radical (unpaired) electrons. The maximum atomic E-state index is 11.7. The highest BCUT2D eigenvalue weighted by Crippen LogP contribution is 2.37. The molecule has 2 amide bonds. The van der Waals surface area contributed by atoms with Crippen molar-refractivity contribution < 1.29 is 14.3 Å². The van der Waals surface area contributed by atoms with Crippen molar-refractivity contribution in [3.63, 3.8) is 0 Å². The summed E-state index contributed by atoms with van der Waals surface area (Å²) in [5.74, 6) is 1.17. The van der Waals surface area contributed by atoms with Gasteiger partial charge in [-0.25, -0.2) is 4.79 Å². The van der Waals surface area contributed by atoms with Crippen LogP contribution in [0.15, 0.2) is 23.2 Å². The second-order valence-corrected chi connectivity index (χ2v) is 5.68. The molecule has 0 aromatic heterocycles. The second-order valence-electron chi connectivity index (χ2n) is 4.15. The van der Waals surface area contributed by atoms with Crippen LogP contribution in [0.5, 0.6) is 11.5 Å². The van der Waals surface area contributed by atoms with E-state index in [2.05, 4.69) is 33.1 Å². The van der Waals surface area contributed by atoms with Gasteiger partial charge in [0.1, 0.15) is 0 Å². The van der Waals surface area contributed by atoms with E-state index in [4.69, 9.17) is 21.1 Å². The highest BCUT2D eigenvalue weighted by Gasteiger charge is 2.15. The van der Waals surface area contributed by atoms with Crippen molar-refractivity contribution in [2.24, 2.45) is 0 Å². The third kappa shape index (κ3) is 4.05. The van der Waals surface area contributed by atoms with Gasteiger partial charge in [-0.1, -0.05) is 34.1 Å². The van der Waals surface area contributed by atoms with E-state index in [9.17, 15) is 4.79 Å². The van der Waals surface area contributed by atoms with Crippen molar-refractivity contribution in [1.29, 1.82) is 0 Å². The first-order chi connectivity index (χ1) is 9.56. The standard InChI is InChI=1S/C13H14BrClN2O3/c1-8(14)7-16-13(18)17-10-6-12-11(5-9(10)15)19-3-2-4-20-12/h5-6H,1-4,7H2,(H2,16,17,18). The number of carbonyl (C=O) groups excluding carboxylic acids is 1. The molecule has 7 heteroatoms. The van der Waals surface area contributed by atoms with E-state index < -0.39 is 0 Å². The fourth-order valence-electron chi connectivity index (χ4n) is 1.62. The quantitative estimate of drug-likeness (QED) is 0.866. The number of rotatable bonds is 3. The number of ether oxygens (including phenoxy) is 2. The smallest absolute Gasteiger partial charge is 0.319 e. The molecule has 0 unspecified atom stereocenters. The van der Waals surface area contributed by atoms with Crippen molar-refractivity contribution in [3.05, 3.63) is 28.2 Å². The fraction of sp³-hybridized carbons (Fsp3) is 0.308. The van der Waals surface area contributed by atoms with Crippen molar-refractivity contribution >= 4 is 39.2 Å². The Kier molecular flexibility index (Phi) is 5.14. The SMILES string of the molecule is C=C(Br)CNC(=O)Nc1cc2c(cc1Cl)OCCCO2. The molecule has 0 spiro atoms. The van der Waals surface area contributed by atoms with Crippen LogP contribution < -0.4 is 20.1 Å². The molecule has 0 fully saturated rings. The largest absolute Gasteiger partial charge is 0.490 e. The molecule has 1 aliphatic heterocycles. The Bertz CT molecular complexity index is 537. The lowest BCUT2D eigenvalue weighted by molar-refractivity contribution is 0.253. The summed E-state index contributed by atoms with van der Waals surface area (Å²) in [4.78, 5) is 11.7. The van der Waals surface area contributed by atoms with Crippen molar-refractivity contribution in [2.45, 2.75) is 6.42 Å². The average Bonchev–Trinajstić information content (AvgIpc) is 2.62. The zero-order valence-corrected chi connectivity index (χ0v) is 13.0. The number of fused-ring (bicyclic) bond motifs is 1. The molecule has 0 saturated carbocycles. The number of benzene rings is 1. The number of hydrogen-bond acceptors (Lipinski definition) is 3. The van der Waals surface area contributed by atoms with E-state index in [-0.39, 0.29) is 6.03 Å². The molecular weight excluding hydrogens is 348 g/mol. The number of carbonyl (C=O) groups is 1. The van der Waals surface area contributed by atoms with Crippen LogP contribution in [0.3, 0.4) is 0 Å². The van der Waals surface area contributed by atoms with Crippen molar-refractivity contribution in [3.8, 4) is 11.5 Å². The Morgan fingerprint density at radius 1 is 1.35 bits per heavy atom. The van der Waals surface area contributed by atoms with Gasteiger partial charge in [0.2, 0.25) is 0 Å². The number of urea groups is 1. The predicted molar refractivity (Wildman–Crippen MR) is 82.1 cm³/mol. The lowest BCUT2D eigenvalue weighted by Crippen LogP contribution is -2.29. The molecule has 2 N–H and O–H groups in total. The summed E-state index contributed by atoms with van der Waals surface area (Å²) in [6, 6.07) is 2.93. The van der Waals surface area contributed by atoms with Crippen LogP contribution in [-0.4, -0.2) is 25.8 Å². The number of halogens is 2. The van der Waals surface area contributed by atoms with E-state index >= 15 is 0 Å². The summed E-state index contributed by atoms with van der Waals surface area (Å²) >= 11 is 9.28. The van der Waals surface area contributed by atoms with Gasteiger partial charge < -0.3 is 20.1 Å². The summed E-state index contributed by atoms with van der Waals surface area (Å²) in [6.45, 7) is 5.12. The first-order valence-corrected chi connectivity index (χ1v) is 7.20. The molecule has 108 valence electrons. The maximum absolute atomic E-state index is 11.7. The fourth-order valence-corrected chi connectivity index (χ4v) is 1.96. The molecule has 0 bridgehead atoms. The minimum atomic E-state index is -0.373. The topological polar surface area (TPSA) is 59.6 Å². The van der Waals surface area contributed by atoms with Gasteiger partial charge >= 0.3 is 6.03 Å². The van der Waals surface area contributed by atoms with Gasteiger partial charge in [-0.05, 0) is 0 Å². The van der Waals surface area contributed by atoms with Gasteiger partial charge in [0.05, 0.1) is 30.5 Å². The van der Waals surface area contributed by atoms with Crippen molar-refractivity contribution in [2.75, 3.05) is 25.1 Å². The minimum absolute atomic E-state index is 0.327. The first-order valence-electron chi connectivity index (χ1n) is 6.03. The van der Waals surface area contributed by atoms with E-state index in [0.717, 1.165) is 6.42 Å². The van der Waals surface area contributed by atoms with E-state index in [1.54, 1.807) is 12.1 Å². The summed E-state index contributed by atoms with van der Waals surface area (Å²) in [6.07, 6.45) is 0.808. The van der Waals surface area contributed by atoms with Crippen LogP contribution in [0.2, 0.25) is 5.02 Å². The average molecular weight is 362 g/mol. The van der Waals surface area contributed by atoms with E-state index in [1.165, 1.54) is 0 Å². The molecule has 1 aliphatic rings. The minimum Gasteiger partial charge on any atom is -0.490 e. The van der Waals surface area contributed by atoms with Crippen LogP contribution in [0, 0.1) is 0 Å². The number of amides is 2. The van der Waals surface area contributed by atoms with Crippen LogP contribution >= 0.6 is 27.5 Å². The molecule has 1 aromatic carbocycles. The summed E-state index contributed by atoms with van der Waals surface area (Å²) in [5, 5.41) is 5.67. The zero-order valence-electron chi connectivity index (χ0n) is 10.7. The van der Waals surface area contributed by atoms with Gasteiger partial charge in [-0.15, -0.1) is 0 Å². The monoisotopic (exact) mass is 360 g/mol. The number of hydrogen-bond donors (Lipinski definition) is 2. The zero-order chi connectivity index (χ0) is 14.5. The Labute approximate surface area is 130 Å². The lowest BCUT2D eigenvalue weighted by atomic mass is 10.2. The molecule has 0 atom stereocenters.